The van der Waals surface area contributed by atoms with Gasteiger partial charge in [0.2, 0.25) is 5.91 Å². The van der Waals surface area contributed by atoms with E-state index in [0.717, 1.165) is 17.2 Å². The molecule has 1 N–H and O–H groups in total. The number of amides is 1. The van der Waals surface area contributed by atoms with E-state index in [0.29, 0.717) is 10.6 Å². The number of benzene rings is 1. The van der Waals surface area contributed by atoms with E-state index in [1.54, 1.807) is 36.0 Å². The first kappa shape index (κ1) is 11.7. The van der Waals surface area contributed by atoms with Gasteiger partial charge in [-0.25, -0.2) is 0 Å². The molecule has 0 fully saturated rings. The second kappa shape index (κ2) is 4.59. The van der Waals surface area contributed by atoms with E-state index >= 15 is 0 Å². The van der Waals surface area contributed by atoms with Crippen LogP contribution in [0.15, 0.2) is 24.4 Å². The molecule has 1 amide bonds. The SMILES string of the molecule is CNC(=O)Cn1cc(C=O)c2ccc(Cl)cc21. The van der Waals surface area contributed by atoms with Gasteiger partial charge >= 0.3 is 0 Å². The summed E-state index contributed by atoms with van der Waals surface area (Å²) in [6.45, 7) is 0.168. The predicted octanol–water partition coefficient (Wildman–Crippen LogP) is 1.85. The van der Waals surface area contributed by atoms with Crippen molar-refractivity contribution in [1.82, 2.24) is 9.88 Å². The zero-order valence-corrected chi connectivity index (χ0v) is 9.99. The number of hydrogen-bond donors (Lipinski definition) is 1. The molecule has 0 saturated carbocycles. The molecule has 2 aromatic rings. The summed E-state index contributed by atoms with van der Waals surface area (Å²) in [4.78, 5) is 22.3. The van der Waals surface area contributed by atoms with Crippen molar-refractivity contribution in [3.63, 3.8) is 0 Å². The summed E-state index contributed by atoms with van der Waals surface area (Å²) < 4.78 is 1.71. The van der Waals surface area contributed by atoms with E-state index in [4.69, 9.17) is 11.6 Å². The first-order valence-corrected chi connectivity index (χ1v) is 5.47. The summed E-state index contributed by atoms with van der Waals surface area (Å²) in [5.41, 5.74) is 1.34. The Kier molecular flexibility index (Phi) is 3.15. The number of nitrogens with zero attached hydrogens (tertiary/aromatic N) is 1. The lowest BCUT2D eigenvalue weighted by molar-refractivity contribution is -0.121. The molecule has 0 aliphatic rings. The van der Waals surface area contributed by atoms with Crippen LogP contribution in [-0.2, 0) is 11.3 Å². The van der Waals surface area contributed by atoms with Crippen molar-refractivity contribution in [2.75, 3.05) is 7.05 Å². The number of likely N-dealkylation sites (N-methyl/N-ethyl adjacent to an activating group) is 1. The Balaban J connectivity index is 2.58. The fraction of sp³-hybridized carbons (Fsp3) is 0.167. The maximum atomic E-state index is 11.4. The number of hydrogen-bond acceptors (Lipinski definition) is 2. The van der Waals surface area contributed by atoms with Crippen LogP contribution < -0.4 is 5.32 Å². The van der Waals surface area contributed by atoms with Crippen molar-refractivity contribution < 1.29 is 9.59 Å². The lowest BCUT2D eigenvalue weighted by Gasteiger charge is -2.03. The summed E-state index contributed by atoms with van der Waals surface area (Å²) in [5.74, 6) is -0.126. The zero-order valence-electron chi connectivity index (χ0n) is 9.24. The van der Waals surface area contributed by atoms with Gasteiger partial charge in [-0.1, -0.05) is 17.7 Å². The molecule has 0 bridgehead atoms. The summed E-state index contributed by atoms with van der Waals surface area (Å²) >= 11 is 5.91. The first-order valence-electron chi connectivity index (χ1n) is 5.10. The topological polar surface area (TPSA) is 51.1 Å². The molecule has 0 radical (unpaired) electrons. The van der Waals surface area contributed by atoms with Crippen LogP contribution in [0, 0.1) is 0 Å². The molecule has 0 spiro atoms. The van der Waals surface area contributed by atoms with Gasteiger partial charge in [0, 0.05) is 29.2 Å². The molecule has 0 unspecified atom stereocenters. The van der Waals surface area contributed by atoms with Crippen LogP contribution in [0.5, 0.6) is 0 Å². The van der Waals surface area contributed by atoms with Crippen molar-refractivity contribution in [2.45, 2.75) is 6.54 Å². The molecule has 0 saturated heterocycles. The van der Waals surface area contributed by atoms with Crippen molar-refractivity contribution in [3.8, 4) is 0 Å². The molecule has 1 aromatic carbocycles. The molecule has 88 valence electrons. The molecule has 0 aliphatic carbocycles. The van der Waals surface area contributed by atoms with Gasteiger partial charge in [0.05, 0.1) is 5.52 Å². The largest absolute Gasteiger partial charge is 0.358 e. The Morgan fingerprint density at radius 1 is 1.53 bits per heavy atom. The highest BCUT2D eigenvalue weighted by Gasteiger charge is 2.10. The Hall–Kier alpha value is -1.81. The van der Waals surface area contributed by atoms with Crippen molar-refractivity contribution in [3.05, 3.63) is 35.0 Å². The van der Waals surface area contributed by atoms with Gasteiger partial charge < -0.3 is 9.88 Å². The maximum absolute atomic E-state index is 11.4. The van der Waals surface area contributed by atoms with Gasteiger partial charge in [-0.3, -0.25) is 9.59 Å². The minimum atomic E-state index is -0.126. The number of halogens is 1. The Morgan fingerprint density at radius 2 is 2.29 bits per heavy atom. The maximum Gasteiger partial charge on any atom is 0.239 e. The smallest absolute Gasteiger partial charge is 0.239 e. The van der Waals surface area contributed by atoms with Crippen molar-refractivity contribution in [1.29, 1.82) is 0 Å². The molecule has 4 nitrogen and oxygen atoms in total. The van der Waals surface area contributed by atoms with E-state index in [1.165, 1.54) is 0 Å². The minimum absolute atomic E-state index is 0.126. The molecule has 5 heteroatoms. The molecule has 2 rings (SSSR count). The van der Waals surface area contributed by atoms with Crippen LogP contribution in [0.25, 0.3) is 10.9 Å². The monoisotopic (exact) mass is 250 g/mol. The van der Waals surface area contributed by atoms with Crippen LogP contribution >= 0.6 is 11.6 Å². The van der Waals surface area contributed by atoms with Gasteiger partial charge in [0.1, 0.15) is 6.54 Å². The number of fused-ring (bicyclic) bond motifs is 1. The van der Waals surface area contributed by atoms with Crippen LogP contribution in [0.1, 0.15) is 10.4 Å². The summed E-state index contributed by atoms with van der Waals surface area (Å²) in [6, 6.07) is 5.25. The average Bonchev–Trinajstić information content (AvgIpc) is 2.66. The Morgan fingerprint density at radius 3 is 2.94 bits per heavy atom. The summed E-state index contributed by atoms with van der Waals surface area (Å²) in [7, 11) is 1.57. The lowest BCUT2D eigenvalue weighted by Crippen LogP contribution is -2.23. The third-order valence-electron chi connectivity index (χ3n) is 2.59. The van der Waals surface area contributed by atoms with Gasteiger partial charge in [-0.2, -0.15) is 0 Å². The number of aromatic nitrogens is 1. The summed E-state index contributed by atoms with van der Waals surface area (Å²) in [6.07, 6.45) is 2.43. The molecular formula is C12H11ClN2O2. The number of aldehydes is 1. The van der Waals surface area contributed by atoms with E-state index in [9.17, 15) is 9.59 Å². The van der Waals surface area contributed by atoms with Crippen LogP contribution in [0.4, 0.5) is 0 Å². The third-order valence-corrected chi connectivity index (χ3v) is 2.83. The number of carbonyl (C=O) groups is 2. The second-order valence-electron chi connectivity index (χ2n) is 3.66. The molecule has 17 heavy (non-hydrogen) atoms. The highest BCUT2D eigenvalue weighted by molar-refractivity contribution is 6.31. The van der Waals surface area contributed by atoms with Gasteiger partial charge in [-0.05, 0) is 12.1 Å². The van der Waals surface area contributed by atoms with Crippen LogP contribution in [0.2, 0.25) is 5.02 Å². The highest BCUT2D eigenvalue weighted by atomic mass is 35.5. The fourth-order valence-electron chi connectivity index (χ4n) is 1.75. The van der Waals surface area contributed by atoms with Gasteiger partial charge in [-0.15, -0.1) is 0 Å². The third kappa shape index (κ3) is 2.17. The number of nitrogens with one attached hydrogen (secondary N) is 1. The van der Waals surface area contributed by atoms with E-state index in [-0.39, 0.29) is 12.5 Å². The first-order chi connectivity index (χ1) is 8.15. The normalized spacial score (nSPS) is 10.5. The van der Waals surface area contributed by atoms with Crippen molar-refractivity contribution >= 4 is 34.7 Å². The molecule has 0 atom stereocenters. The standard InChI is InChI=1S/C12H11ClN2O2/c1-14-12(17)6-15-5-8(7-16)10-3-2-9(13)4-11(10)15/h2-5,7H,6H2,1H3,(H,14,17). The second-order valence-corrected chi connectivity index (χ2v) is 4.10. The van der Waals surface area contributed by atoms with Crippen molar-refractivity contribution in [2.24, 2.45) is 0 Å². The molecular weight excluding hydrogens is 240 g/mol. The van der Waals surface area contributed by atoms with E-state index < -0.39 is 0 Å². The van der Waals surface area contributed by atoms with E-state index in [2.05, 4.69) is 5.32 Å². The zero-order chi connectivity index (χ0) is 12.4. The summed E-state index contributed by atoms with van der Waals surface area (Å²) in [5, 5.41) is 3.91. The Labute approximate surface area is 103 Å². The number of carbonyl (C=O) groups excluding carboxylic acids is 2. The minimum Gasteiger partial charge on any atom is -0.358 e. The number of rotatable bonds is 3. The molecule has 1 heterocycles. The predicted molar refractivity (Wildman–Crippen MR) is 66.4 cm³/mol. The highest BCUT2D eigenvalue weighted by Crippen LogP contribution is 2.23. The molecule has 1 aromatic heterocycles. The average molecular weight is 251 g/mol. The lowest BCUT2D eigenvalue weighted by atomic mass is 10.2. The van der Waals surface area contributed by atoms with Crippen LogP contribution in [0.3, 0.4) is 0 Å². The Bertz CT molecular complexity index is 589. The molecule has 0 aliphatic heterocycles. The quantitative estimate of drug-likeness (QED) is 0.846. The van der Waals surface area contributed by atoms with Gasteiger partial charge in [0.25, 0.3) is 0 Å². The van der Waals surface area contributed by atoms with E-state index in [1.807, 2.05) is 0 Å². The fourth-order valence-corrected chi connectivity index (χ4v) is 1.92. The van der Waals surface area contributed by atoms with Gasteiger partial charge in [0.15, 0.2) is 6.29 Å². The van der Waals surface area contributed by atoms with Crippen LogP contribution in [-0.4, -0.2) is 23.8 Å².